The minimum absolute atomic E-state index is 0.0332. The minimum atomic E-state index is -2.69. The first-order valence-corrected chi connectivity index (χ1v) is 6.89. The van der Waals surface area contributed by atoms with E-state index < -0.39 is 17.8 Å². The summed E-state index contributed by atoms with van der Waals surface area (Å²) in [5, 5.41) is 0. The van der Waals surface area contributed by atoms with Crippen molar-refractivity contribution in [1.82, 2.24) is 9.80 Å². The van der Waals surface area contributed by atoms with E-state index in [1.54, 1.807) is 31.1 Å². The third-order valence-electron chi connectivity index (χ3n) is 3.72. The van der Waals surface area contributed by atoms with Gasteiger partial charge in [-0.2, -0.15) is 0 Å². The van der Waals surface area contributed by atoms with Crippen molar-refractivity contribution >= 4 is 5.91 Å². The van der Waals surface area contributed by atoms with Gasteiger partial charge in [0.2, 0.25) is 5.91 Å². The highest BCUT2D eigenvalue weighted by Crippen LogP contribution is 2.30. The summed E-state index contributed by atoms with van der Waals surface area (Å²) < 4.78 is 39.7. The summed E-state index contributed by atoms with van der Waals surface area (Å²) in [4.78, 5) is 15.7. The summed E-state index contributed by atoms with van der Waals surface area (Å²) in [6.45, 7) is 0.0664. The number of halogens is 3. The molecule has 0 saturated carbocycles. The van der Waals surface area contributed by atoms with Gasteiger partial charge < -0.3 is 4.90 Å². The zero-order valence-electron chi connectivity index (χ0n) is 12.2. The summed E-state index contributed by atoms with van der Waals surface area (Å²) in [5.41, 5.74) is 0.530. The molecule has 0 N–H and O–H groups in total. The van der Waals surface area contributed by atoms with Gasteiger partial charge in [0.15, 0.2) is 0 Å². The second-order valence-electron chi connectivity index (χ2n) is 5.60. The third-order valence-corrected chi connectivity index (χ3v) is 3.72. The highest BCUT2D eigenvalue weighted by atomic mass is 19.3. The number of hydrogen-bond acceptors (Lipinski definition) is 2. The van der Waals surface area contributed by atoms with Crippen LogP contribution in [0.3, 0.4) is 0 Å². The van der Waals surface area contributed by atoms with E-state index in [-0.39, 0.29) is 31.8 Å². The van der Waals surface area contributed by atoms with E-state index in [0.29, 0.717) is 5.56 Å². The molecule has 21 heavy (non-hydrogen) atoms. The van der Waals surface area contributed by atoms with Gasteiger partial charge in [-0.15, -0.1) is 0 Å². The van der Waals surface area contributed by atoms with Gasteiger partial charge in [0.25, 0.3) is 5.92 Å². The molecule has 1 aromatic rings. The molecule has 2 rings (SSSR count). The molecule has 1 heterocycles. The lowest BCUT2D eigenvalue weighted by molar-refractivity contribution is -0.142. The molecule has 116 valence electrons. The molecule has 1 amide bonds. The first kappa shape index (κ1) is 15.8. The fourth-order valence-electron chi connectivity index (χ4n) is 2.57. The number of carbonyl (C=O) groups is 1. The van der Waals surface area contributed by atoms with E-state index in [9.17, 15) is 18.0 Å². The van der Waals surface area contributed by atoms with Crippen LogP contribution in [0.1, 0.15) is 24.4 Å². The lowest BCUT2D eigenvalue weighted by Crippen LogP contribution is -2.47. The molecule has 1 atom stereocenters. The quantitative estimate of drug-likeness (QED) is 0.857. The Morgan fingerprint density at radius 1 is 1.29 bits per heavy atom. The largest absolute Gasteiger partial charge is 0.341 e. The van der Waals surface area contributed by atoms with Gasteiger partial charge in [-0.25, -0.2) is 13.2 Å². The summed E-state index contributed by atoms with van der Waals surface area (Å²) >= 11 is 0. The topological polar surface area (TPSA) is 23.6 Å². The second-order valence-corrected chi connectivity index (χ2v) is 5.60. The van der Waals surface area contributed by atoms with Crippen LogP contribution < -0.4 is 0 Å². The molecule has 1 fully saturated rings. The van der Waals surface area contributed by atoms with Gasteiger partial charge in [0.05, 0.1) is 0 Å². The predicted molar refractivity (Wildman–Crippen MR) is 73.6 cm³/mol. The molecule has 1 saturated heterocycles. The first-order chi connectivity index (χ1) is 9.80. The smallest absolute Gasteiger partial charge is 0.251 e. The Hall–Kier alpha value is -1.56. The average Bonchev–Trinajstić information content (AvgIpc) is 2.38. The number of carbonyl (C=O) groups excluding carboxylic acids is 1. The van der Waals surface area contributed by atoms with Crippen molar-refractivity contribution in [3.8, 4) is 0 Å². The zero-order chi connectivity index (χ0) is 15.6. The Balaban J connectivity index is 2.17. The van der Waals surface area contributed by atoms with Gasteiger partial charge in [-0.05, 0) is 31.8 Å². The molecular weight excluding hydrogens is 281 g/mol. The van der Waals surface area contributed by atoms with Crippen LogP contribution in [0, 0.1) is 5.82 Å². The van der Waals surface area contributed by atoms with Crippen LogP contribution in [-0.4, -0.2) is 48.8 Å². The highest BCUT2D eigenvalue weighted by molar-refractivity contribution is 5.83. The molecule has 0 aliphatic carbocycles. The molecule has 3 nitrogen and oxygen atoms in total. The van der Waals surface area contributed by atoms with E-state index >= 15 is 0 Å². The molecule has 6 heteroatoms. The SMILES string of the molecule is CN(C)[C@@H](C(=O)N1CCC(F)(F)CC1)c1cccc(F)c1. The van der Waals surface area contributed by atoms with Crippen molar-refractivity contribution in [3.05, 3.63) is 35.6 Å². The molecule has 0 aromatic heterocycles. The maximum absolute atomic E-state index is 13.4. The van der Waals surface area contributed by atoms with Gasteiger partial charge in [-0.1, -0.05) is 12.1 Å². The van der Waals surface area contributed by atoms with Crippen molar-refractivity contribution < 1.29 is 18.0 Å². The molecule has 0 bridgehead atoms. The van der Waals surface area contributed by atoms with Crippen molar-refractivity contribution in [2.24, 2.45) is 0 Å². The molecule has 0 spiro atoms. The number of rotatable bonds is 3. The van der Waals surface area contributed by atoms with Crippen molar-refractivity contribution in [2.75, 3.05) is 27.2 Å². The lowest BCUT2D eigenvalue weighted by Gasteiger charge is -2.35. The lowest BCUT2D eigenvalue weighted by atomic mass is 10.0. The van der Waals surface area contributed by atoms with Crippen LogP contribution in [0.25, 0.3) is 0 Å². The first-order valence-electron chi connectivity index (χ1n) is 6.89. The Kier molecular flexibility index (Phi) is 4.56. The summed E-state index contributed by atoms with van der Waals surface area (Å²) in [7, 11) is 3.43. The monoisotopic (exact) mass is 300 g/mol. The van der Waals surface area contributed by atoms with E-state index in [1.807, 2.05) is 0 Å². The van der Waals surface area contributed by atoms with Crippen molar-refractivity contribution in [2.45, 2.75) is 24.8 Å². The van der Waals surface area contributed by atoms with Gasteiger partial charge >= 0.3 is 0 Å². The minimum Gasteiger partial charge on any atom is -0.341 e. The molecular formula is C15H19F3N2O. The molecule has 0 unspecified atom stereocenters. The van der Waals surface area contributed by atoms with Crippen LogP contribution in [0.15, 0.2) is 24.3 Å². The van der Waals surface area contributed by atoms with Crippen LogP contribution in [-0.2, 0) is 4.79 Å². The standard InChI is InChI=1S/C15H19F3N2O/c1-19(2)13(11-4-3-5-12(16)10-11)14(21)20-8-6-15(17,18)7-9-20/h3-5,10,13H,6-9H2,1-2H3/t13-/m1/s1. The molecule has 1 aromatic carbocycles. The summed E-state index contributed by atoms with van der Waals surface area (Å²) in [6.07, 6.45) is -0.635. The fourth-order valence-corrected chi connectivity index (χ4v) is 2.57. The Bertz CT molecular complexity index is 509. The number of alkyl halides is 2. The number of hydrogen-bond donors (Lipinski definition) is 0. The Labute approximate surface area is 122 Å². The summed E-state index contributed by atoms with van der Waals surface area (Å²) in [5.74, 6) is -3.37. The van der Waals surface area contributed by atoms with E-state index in [1.165, 1.54) is 17.0 Å². The van der Waals surface area contributed by atoms with Crippen molar-refractivity contribution in [1.29, 1.82) is 0 Å². The Morgan fingerprint density at radius 2 is 1.90 bits per heavy atom. The highest BCUT2D eigenvalue weighted by Gasteiger charge is 2.38. The van der Waals surface area contributed by atoms with E-state index in [2.05, 4.69) is 0 Å². The van der Waals surface area contributed by atoms with Gasteiger partial charge in [0.1, 0.15) is 11.9 Å². The van der Waals surface area contributed by atoms with Gasteiger partial charge in [-0.3, -0.25) is 9.69 Å². The number of benzene rings is 1. The van der Waals surface area contributed by atoms with Gasteiger partial charge in [0, 0.05) is 25.9 Å². The van der Waals surface area contributed by atoms with Crippen LogP contribution in [0.5, 0.6) is 0 Å². The fraction of sp³-hybridized carbons (Fsp3) is 0.533. The van der Waals surface area contributed by atoms with Crippen LogP contribution in [0.2, 0.25) is 0 Å². The maximum Gasteiger partial charge on any atom is 0.251 e. The van der Waals surface area contributed by atoms with E-state index in [4.69, 9.17) is 0 Å². The maximum atomic E-state index is 13.4. The number of likely N-dealkylation sites (N-methyl/N-ethyl adjacent to an activating group) is 1. The number of nitrogens with zero attached hydrogens (tertiary/aromatic N) is 2. The normalized spacial score (nSPS) is 19.6. The molecule has 0 radical (unpaired) electrons. The zero-order valence-corrected chi connectivity index (χ0v) is 12.2. The summed E-state index contributed by atoms with van der Waals surface area (Å²) in [6, 6.07) is 5.17. The Morgan fingerprint density at radius 3 is 2.43 bits per heavy atom. The number of amides is 1. The van der Waals surface area contributed by atoms with E-state index in [0.717, 1.165) is 0 Å². The number of piperidine rings is 1. The molecule has 1 aliphatic heterocycles. The average molecular weight is 300 g/mol. The second kappa shape index (κ2) is 6.05. The number of likely N-dealkylation sites (tertiary alicyclic amines) is 1. The molecule has 1 aliphatic rings. The predicted octanol–water partition coefficient (Wildman–Crippen LogP) is 2.69. The van der Waals surface area contributed by atoms with Crippen LogP contribution >= 0.6 is 0 Å². The third kappa shape index (κ3) is 3.75. The van der Waals surface area contributed by atoms with Crippen molar-refractivity contribution in [3.63, 3.8) is 0 Å². The van der Waals surface area contributed by atoms with Crippen LogP contribution in [0.4, 0.5) is 13.2 Å².